The van der Waals surface area contributed by atoms with Gasteiger partial charge in [0, 0.05) is 10.0 Å². The van der Waals surface area contributed by atoms with E-state index < -0.39 is 9.84 Å². The van der Waals surface area contributed by atoms with Crippen LogP contribution in [0.3, 0.4) is 0 Å². The minimum Gasteiger partial charge on any atom is -0.496 e. The number of benzene rings is 1. The predicted octanol–water partition coefficient (Wildman–Crippen LogP) is 3.79. The molecule has 0 aliphatic carbocycles. The zero-order chi connectivity index (χ0) is 15.1. The molecule has 2 unspecified atom stereocenters. The van der Waals surface area contributed by atoms with Crippen LogP contribution in [0.1, 0.15) is 28.5 Å². The Morgan fingerprint density at radius 1 is 1.45 bits per heavy atom. The smallest absolute Gasteiger partial charge is 0.150 e. The van der Waals surface area contributed by atoms with E-state index in [1.165, 1.54) is 0 Å². The molecular formula is C14H18BrClO3S. The average molecular weight is 382 g/mol. The summed E-state index contributed by atoms with van der Waals surface area (Å²) in [6, 6.07) is 1.99. The molecule has 1 aromatic carbocycles. The van der Waals surface area contributed by atoms with Crippen LogP contribution in [0.4, 0.5) is 0 Å². The van der Waals surface area contributed by atoms with Gasteiger partial charge in [-0.15, -0.1) is 11.6 Å². The molecule has 0 N–H and O–H groups in total. The van der Waals surface area contributed by atoms with Crippen molar-refractivity contribution in [2.24, 2.45) is 5.92 Å². The number of alkyl halides is 1. The van der Waals surface area contributed by atoms with E-state index >= 15 is 0 Å². The maximum absolute atomic E-state index is 11.7. The van der Waals surface area contributed by atoms with Gasteiger partial charge in [0.15, 0.2) is 9.84 Å². The van der Waals surface area contributed by atoms with Gasteiger partial charge in [0.05, 0.1) is 24.0 Å². The molecule has 1 aromatic rings. The highest BCUT2D eigenvalue weighted by molar-refractivity contribution is 9.10. The Morgan fingerprint density at radius 3 is 2.60 bits per heavy atom. The number of aryl methyl sites for hydroxylation is 1. The highest BCUT2D eigenvalue weighted by Gasteiger charge is 2.36. The topological polar surface area (TPSA) is 43.4 Å². The van der Waals surface area contributed by atoms with Crippen LogP contribution >= 0.6 is 27.5 Å². The summed E-state index contributed by atoms with van der Waals surface area (Å²) in [7, 11) is -1.32. The molecule has 3 nitrogen and oxygen atoms in total. The van der Waals surface area contributed by atoms with Gasteiger partial charge in [0.1, 0.15) is 5.75 Å². The molecule has 0 radical (unpaired) electrons. The Kier molecular flexibility index (Phi) is 4.72. The van der Waals surface area contributed by atoms with E-state index in [-0.39, 0.29) is 22.8 Å². The molecule has 112 valence electrons. The van der Waals surface area contributed by atoms with Gasteiger partial charge in [-0.1, -0.05) is 15.9 Å². The Hall–Kier alpha value is -0.260. The van der Waals surface area contributed by atoms with Crippen LogP contribution < -0.4 is 4.74 Å². The van der Waals surface area contributed by atoms with E-state index in [1.54, 1.807) is 7.11 Å². The van der Waals surface area contributed by atoms with Gasteiger partial charge in [-0.25, -0.2) is 8.42 Å². The van der Waals surface area contributed by atoms with E-state index in [4.69, 9.17) is 16.3 Å². The van der Waals surface area contributed by atoms with Crippen molar-refractivity contribution in [2.45, 2.75) is 25.6 Å². The minimum absolute atomic E-state index is 0.0528. The molecule has 1 saturated heterocycles. The number of rotatable bonds is 3. The zero-order valence-corrected chi connectivity index (χ0v) is 14.9. The molecule has 1 aliphatic rings. The molecule has 0 aromatic heterocycles. The van der Waals surface area contributed by atoms with Gasteiger partial charge in [-0.05, 0) is 43.4 Å². The Morgan fingerprint density at radius 2 is 2.10 bits per heavy atom. The predicted molar refractivity (Wildman–Crippen MR) is 85.5 cm³/mol. The van der Waals surface area contributed by atoms with Crippen molar-refractivity contribution in [1.29, 1.82) is 0 Å². The SMILES string of the molecule is COc1c(C)cc(Br)c(C)c1C(Cl)C1CCS(=O)(=O)C1. The fourth-order valence-corrected chi connectivity index (χ4v) is 5.75. The highest BCUT2D eigenvalue weighted by atomic mass is 79.9. The number of hydrogen-bond donors (Lipinski definition) is 0. The second-order valence-electron chi connectivity index (χ2n) is 5.31. The zero-order valence-electron chi connectivity index (χ0n) is 11.7. The Balaban J connectivity index is 2.46. The summed E-state index contributed by atoms with van der Waals surface area (Å²) in [4.78, 5) is 0. The molecule has 0 bridgehead atoms. The minimum atomic E-state index is -2.94. The lowest BCUT2D eigenvalue weighted by Gasteiger charge is -2.23. The van der Waals surface area contributed by atoms with Crippen LogP contribution in [-0.2, 0) is 9.84 Å². The largest absolute Gasteiger partial charge is 0.496 e. The third-order valence-corrected chi connectivity index (χ3v) is 7.06. The second-order valence-corrected chi connectivity index (χ2v) is 8.87. The molecular weight excluding hydrogens is 364 g/mol. The van der Waals surface area contributed by atoms with Crippen LogP contribution in [0.5, 0.6) is 5.75 Å². The third-order valence-electron chi connectivity index (χ3n) is 3.87. The maximum atomic E-state index is 11.7. The first-order valence-corrected chi connectivity index (χ1v) is 9.50. The summed E-state index contributed by atoms with van der Waals surface area (Å²) >= 11 is 10.1. The van der Waals surface area contributed by atoms with Crippen molar-refractivity contribution in [1.82, 2.24) is 0 Å². The summed E-state index contributed by atoms with van der Waals surface area (Å²) in [5.74, 6) is 1.10. The summed E-state index contributed by atoms with van der Waals surface area (Å²) < 4.78 is 29.8. The number of methoxy groups -OCH3 is 1. The summed E-state index contributed by atoms with van der Waals surface area (Å²) in [6.07, 6.45) is 0.616. The molecule has 1 fully saturated rings. The molecule has 0 saturated carbocycles. The lowest BCUT2D eigenvalue weighted by Crippen LogP contribution is -2.13. The second kappa shape index (κ2) is 5.85. The van der Waals surface area contributed by atoms with Crippen molar-refractivity contribution < 1.29 is 13.2 Å². The average Bonchev–Trinajstić information content (AvgIpc) is 2.73. The highest BCUT2D eigenvalue weighted by Crippen LogP contribution is 2.44. The van der Waals surface area contributed by atoms with E-state index in [9.17, 15) is 8.42 Å². The Bertz CT molecular complexity index is 628. The first-order valence-electron chi connectivity index (χ1n) is 6.45. The van der Waals surface area contributed by atoms with Gasteiger partial charge < -0.3 is 4.74 Å². The monoisotopic (exact) mass is 380 g/mol. The van der Waals surface area contributed by atoms with Crippen molar-refractivity contribution in [3.05, 3.63) is 27.2 Å². The summed E-state index contributed by atoms with van der Waals surface area (Å²) in [6.45, 7) is 3.93. The van der Waals surface area contributed by atoms with Crippen LogP contribution in [0.2, 0.25) is 0 Å². The fourth-order valence-electron chi connectivity index (χ4n) is 2.77. The van der Waals surface area contributed by atoms with Crippen molar-refractivity contribution in [3.63, 3.8) is 0 Å². The molecule has 1 heterocycles. The van der Waals surface area contributed by atoms with Gasteiger partial charge >= 0.3 is 0 Å². The maximum Gasteiger partial charge on any atom is 0.150 e. The van der Waals surface area contributed by atoms with Crippen LogP contribution in [0, 0.1) is 19.8 Å². The van der Waals surface area contributed by atoms with E-state index in [2.05, 4.69) is 15.9 Å². The molecule has 0 amide bonds. The normalized spacial score (nSPS) is 22.8. The molecule has 1 aliphatic heterocycles. The molecule has 20 heavy (non-hydrogen) atoms. The Labute approximate surface area is 133 Å². The lowest BCUT2D eigenvalue weighted by molar-refractivity contribution is 0.400. The van der Waals surface area contributed by atoms with E-state index in [1.807, 2.05) is 19.9 Å². The molecule has 0 spiro atoms. The number of halogens is 2. The van der Waals surface area contributed by atoms with Crippen LogP contribution in [-0.4, -0.2) is 27.0 Å². The number of hydrogen-bond acceptors (Lipinski definition) is 3. The van der Waals surface area contributed by atoms with E-state index in [0.717, 1.165) is 26.9 Å². The van der Waals surface area contributed by atoms with Crippen molar-refractivity contribution in [2.75, 3.05) is 18.6 Å². The van der Waals surface area contributed by atoms with Crippen LogP contribution in [0.25, 0.3) is 0 Å². The first kappa shape index (κ1) is 16.1. The standard InChI is InChI=1S/C14H18BrClO3S/c1-8-6-11(15)9(2)12(14(8)19-3)13(16)10-4-5-20(17,18)7-10/h6,10,13H,4-5,7H2,1-3H3. The first-order chi connectivity index (χ1) is 9.26. The number of sulfone groups is 1. The van der Waals surface area contributed by atoms with Gasteiger partial charge in [-0.2, -0.15) is 0 Å². The molecule has 2 atom stereocenters. The van der Waals surface area contributed by atoms with Gasteiger partial charge in [0.2, 0.25) is 0 Å². The third kappa shape index (κ3) is 3.00. The summed E-state index contributed by atoms with van der Waals surface area (Å²) in [5, 5.41) is -0.349. The van der Waals surface area contributed by atoms with Crippen LogP contribution in [0.15, 0.2) is 10.5 Å². The fraction of sp³-hybridized carbons (Fsp3) is 0.571. The van der Waals surface area contributed by atoms with E-state index in [0.29, 0.717) is 6.42 Å². The van der Waals surface area contributed by atoms with Gasteiger partial charge in [0.25, 0.3) is 0 Å². The quantitative estimate of drug-likeness (QED) is 0.748. The summed E-state index contributed by atoms with van der Waals surface area (Å²) in [5.41, 5.74) is 2.91. The van der Waals surface area contributed by atoms with Crippen molar-refractivity contribution in [3.8, 4) is 5.75 Å². The lowest BCUT2D eigenvalue weighted by atomic mass is 9.92. The molecule has 6 heteroatoms. The number of ether oxygens (including phenoxy) is 1. The van der Waals surface area contributed by atoms with Gasteiger partial charge in [-0.3, -0.25) is 0 Å². The van der Waals surface area contributed by atoms with Crippen molar-refractivity contribution >= 4 is 37.4 Å². The molecule has 2 rings (SSSR count).